The first-order valence-electron chi connectivity index (χ1n) is 12.3. The van der Waals surface area contributed by atoms with Crippen molar-refractivity contribution in [2.45, 2.75) is 38.1 Å². The number of hydrogen-bond donors (Lipinski definition) is 2. The maximum absolute atomic E-state index is 13.6. The number of benzene rings is 1. The van der Waals surface area contributed by atoms with Crippen molar-refractivity contribution in [2.75, 3.05) is 47.1 Å². The van der Waals surface area contributed by atoms with Gasteiger partial charge in [0.2, 0.25) is 5.95 Å². The van der Waals surface area contributed by atoms with E-state index in [9.17, 15) is 4.39 Å². The van der Waals surface area contributed by atoms with E-state index in [1.807, 2.05) is 31.4 Å². The quantitative estimate of drug-likeness (QED) is 0.569. The second-order valence-corrected chi connectivity index (χ2v) is 10.6. The zero-order valence-corrected chi connectivity index (χ0v) is 20.4. The molecule has 2 N–H and O–H groups in total. The van der Waals surface area contributed by atoms with E-state index < -0.39 is 0 Å². The molecule has 2 fully saturated rings. The Morgan fingerprint density at radius 2 is 1.71 bits per heavy atom. The van der Waals surface area contributed by atoms with Crippen molar-refractivity contribution in [2.24, 2.45) is 11.8 Å². The lowest BCUT2D eigenvalue weighted by Gasteiger charge is -2.39. The molecule has 3 aliphatic rings. The fourth-order valence-corrected chi connectivity index (χ4v) is 6.19. The van der Waals surface area contributed by atoms with Gasteiger partial charge in [0.15, 0.2) is 0 Å². The van der Waals surface area contributed by atoms with Gasteiger partial charge < -0.3 is 20.4 Å². The van der Waals surface area contributed by atoms with Crippen LogP contribution in [0.2, 0.25) is 0 Å². The fraction of sp³-hybridized carbons (Fsp3) is 0.462. The summed E-state index contributed by atoms with van der Waals surface area (Å²) in [5.41, 5.74) is 3.02. The Kier molecular flexibility index (Phi) is 5.23. The minimum absolute atomic E-state index is 0.149. The Labute approximate surface area is 205 Å². The smallest absolute Gasteiger partial charge is 0.226 e. The van der Waals surface area contributed by atoms with Crippen LogP contribution in [0.1, 0.15) is 32.3 Å². The first-order chi connectivity index (χ1) is 16.9. The van der Waals surface area contributed by atoms with E-state index >= 15 is 0 Å². The molecule has 0 amide bonds. The number of anilines is 5. The molecule has 35 heavy (non-hydrogen) atoms. The lowest BCUT2D eigenvalue weighted by molar-refractivity contribution is 0.376. The van der Waals surface area contributed by atoms with Crippen LogP contribution in [0.3, 0.4) is 0 Å². The second-order valence-electron chi connectivity index (χ2n) is 10.6. The third-order valence-electron chi connectivity index (χ3n) is 7.81. The van der Waals surface area contributed by atoms with Crippen LogP contribution < -0.4 is 20.4 Å². The molecule has 1 aromatic carbocycles. The number of nitrogens with one attached hydrogen (secondary N) is 2. The van der Waals surface area contributed by atoms with E-state index in [1.165, 1.54) is 25.0 Å². The molecule has 0 spiro atoms. The molecule has 1 saturated heterocycles. The van der Waals surface area contributed by atoms with Gasteiger partial charge in [-0.1, -0.05) is 13.8 Å². The first kappa shape index (κ1) is 22.0. The zero-order chi connectivity index (χ0) is 24.2. The van der Waals surface area contributed by atoms with Crippen LogP contribution in [0.5, 0.6) is 0 Å². The Hall–Kier alpha value is -3.49. The number of halogens is 1. The summed E-state index contributed by atoms with van der Waals surface area (Å²) in [6, 6.07) is 9.01. The molecule has 3 aromatic rings. The average molecular weight is 475 g/mol. The van der Waals surface area contributed by atoms with E-state index in [2.05, 4.69) is 44.5 Å². The van der Waals surface area contributed by atoms with Crippen molar-refractivity contribution in [1.82, 2.24) is 20.2 Å². The average Bonchev–Trinajstić information content (AvgIpc) is 3.25. The van der Waals surface area contributed by atoms with E-state index in [4.69, 9.17) is 9.97 Å². The molecule has 1 saturated carbocycles. The third kappa shape index (κ3) is 3.83. The molecule has 2 bridgehead atoms. The Morgan fingerprint density at radius 1 is 0.971 bits per heavy atom. The maximum atomic E-state index is 13.6. The van der Waals surface area contributed by atoms with Gasteiger partial charge in [-0.15, -0.1) is 0 Å². The first-order valence-corrected chi connectivity index (χ1v) is 12.3. The lowest BCUT2D eigenvalue weighted by Crippen LogP contribution is -2.48. The minimum Gasteiger partial charge on any atom is -0.373 e. The van der Waals surface area contributed by atoms with E-state index in [1.54, 1.807) is 6.20 Å². The van der Waals surface area contributed by atoms with E-state index in [-0.39, 0.29) is 11.2 Å². The normalized spacial score (nSPS) is 24.4. The van der Waals surface area contributed by atoms with Crippen LogP contribution in [0, 0.1) is 17.7 Å². The fourth-order valence-electron chi connectivity index (χ4n) is 6.19. The molecule has 8 nitrogen and oxygen atoms in total. The van der Waals surface area contributed by atoms with Crippen LogP contribution in [0.4, 0.5) is 33.3 Å². The molecule has 1 aliphatic carbocycles. The van der Waals surface area contributed by atoms with Crippen molar-refractivity contribution < 1.29 is 4.39 Å². The summed E-state index contributed by atoms with van der Waals surface area (Å²) in [7, 11) is 1.91. The molecular weight excluding hydrogens is 443 g/mol. The summed E-state index contributed by atoms with van der Waals surface area (Å²) in [6.45, 7) is 7.13. The Balaban J connectivity index is 1.30. The van der Waals surface area contributed by atoms with Gasteiger partial charge in [-0.3, -0.25) is 0 Å². The molecule has 182 valence electrons. The third-order valence-corrected chi connectivity index (χ3v) is 7.81. The van der Waals surface area contributed by atoms with Gasteiger partial charge in [-0.2, -0.15) is 20.2 Å². The number of fused-ring (bicyclic) bond motifs is 3. The van der Waals surface area contributed by atoms with Crippen LogP contribution >= 0.6 is 0 Å². The molecule has 2 aliphatic heterocycles. The summed E-state index contributed by atoms with van der Waals surface area (Å²) in [5, 5.41) is 15.0. The predicted molar refractivity (Wildman–Crippen MR) is 136 cm³/mol. The summed E-state index contributed by atoms with van der Waals surface area (Å²) in [6.07, 6.45) is 5.99. The van der Waals surface area contributed by atoms with Gasteiger partial charge in [0.1, 0.15) is 17.5 Å². The summed E-state index contributed by atoms with van der Waals surface area (Å²) < 4.78 is 13.6. The number of aromatic nitrogens is 4. The van der Waals surface area contributed by atoms with Crippen LogP contribution in [-0.2, 0) is 5.41 Å². The number of piperidine rings is 1. The number of nitrogens with zero attached hydrogens (tertiary/aromatic N) is 6. The highest BCUT2D eigenvalue weighted by molar-refractivity contribution is 5.75. The lowest BCUT2D eigenvalue weighted by atomic mass is 9.88. The summed E-state index contributed by atoms with van der Waals surface area (Å²) in [5.74, 6) is 3.18. The topological polar surface area (TPSA) is 82.1 Å². The predicted octanol–water partition coefficient (Wildman–Crippen LogP) is 4.20. The molecule has 2 atom stereocenters. The molecular formula is C26H31FN8. The molecule has 4 heterocycles. The monoisotopic (exact) mass is 474 g/mol. The molecule has 0 radical (unpaired) electrons. The highest BCUT2D eigenvalue weighted by atomic mass is 19.1. The number of rotatable bonds is 5. The maximum Gasteiger partial charge on any atom is 0.226 e. The van der Waals surface area contributed by atoms with E-state index in [0.29, 0.717) is 23.8 Å². The SMILES string of the molecule is CNc1nc(NC2C3CCC2CN(c2ccnnc2)C3)nc2c1C(C)(C)CN2c1ccc(F)cc1. The zero-order valence-electron chi connectivity index (χ0n) is 20.4. The van der Waals surface area contributed by atoms with Gasteiger partial charge >= 0.3 is 0 Å². The highest BCUT2D eigenvalue weighted by Crippen LogP contribution is 2.47. The van der Waals surface area contributed by atoms with Crippen LogP contribution in [-0.4, -0.2) is 52.9 Å². The van der Waals surface area contributed by atoms with Crippen LogP contribution in [0.15, 0.2) is 42.7 Å². The van der Waals surface area contributed by atoms with Gasteiger partial charge in [0.25, 0.3) is 0 Å². The molecule has 6 rings (SSSR count). The van der Waals surface area contributed by atoms with Crippen LogP contribution in [0.25, 0.3) is 0 Å². The van der Waals surface area contributed by atoms with Crippen molar-refractivity contribution in [3.63, 3.8) is 0 Å². The van der Waals surface area contributed by atoms with Crippen molar-refractivity contribution in [3.8, 4) is 0 Å². The minimum atomic E-state index is -0.238. The van der Waals surface area contributed by atoms with Crippen molar-refractivity contribution in [1.29, 1.82) is 0 Å². The number of hydrogen-bond acceptors (Lipinski definition) is 8. The molecule has 2 aromatic heterocycles. The summed E-state index contributed by atoms with van der Waals surface area (Å²) in [4.78, 5) is 14.6. The van der Waals surface area contributed by atoms with Gasteiger partial charge in [-0.25, -0.2) is 4.39 Å². The van der Waals surface area contributed by atoms with Crippen molar-refractivity contribution >= 4 is 29.0 Å². The molecule has 9 heteroatoms. The Morgan fingerprint density at radius 3 is 2.37 bits per heavy atom. The van der Waals surface area contributed by atoms with E-state index in [0.717, 1.165) is 48.2 Å². The van der Waals surface area contributed by atoms with Crippen molar-refractivity contribution in [3.05, 3.63) is 54.1 Å². The standard InChI is InChI=1S/C26H31FN8/c1-26(2)15-35(19-8-6-18(27)7-9-19)24-21(26)23(28-3)32-25(33-24)31-22-16-4-5-17(22)14-34(13-16)20-10-11-29-30-12-20/h6-12,16-17,22H,4-5,13-15H2,1-3H3,(H2,28,31,32,33). The van der Waals surface area contributed by atoms with Gasteiger partial charge in [0, 0.05) is 49.4 Å². The highest BCUT2D eigenvalue weighted by Gasteiger charge is 2.44. The van der Waals surface area contributed by atoms with Gasteiger partial charge in [-0.05, 0) is 55.0 Å². The summed E-state index contributed by atoms with van der Waals surface area (Å²) >= 11 is 0. The van der Waals surface area contributed by atoms with Gasteiger partial charge in [0.05, 0.1) is 18.1 Å². The molecule has 2 unspecified atom stereocenters. The second kappa shape index (κ2) is 8.32. The largest absolute Gasteiger partial charge is 0.373 e. The Bertz CT molecular complexity index is 1200.